The number of thiophene rings is 1. The Morgan fingerprint density at radius 3 is 2.63 bits per heavy atom. The minimum absolute atomic E-state index is 0.00416. The molecule has 2 rings (SSSR count). The molecule has 2 heterocycles. The van der Waals surface area contributed by atoms with Crippen LogP contribution in [-0.2, 0) is 11.8 Å². The molecule has 0 saturated heterocycles. The van der Waals surface area contributed by atoms with Gasteiger partial charge in [0.15, 0.2) is 0 Å². The van der Waals surface area contributed by atoms with Gasteiger partial charge < -0.3 is 4.98 Å². The highest BCUT2D eigenvalue weighted by Gasteiger charge is 2.19. The van der Waals surface area contributed by atoms with Crippen LogP contribution in [-0.4, -0.2) is 9.97 Å². The quantitative estimate of drug-likeness (QED) is 0.926. The number of aromatic nitrogens is 2. The summed E-state index contributed by atoms with van der Waals surface area (Å²) in [4.78, 5) is 21.7. The van der Waals surface area contributed by atoms with Gasteiger partial charge in [0.2, 0.25) is 0 Å². The standard InChI is InChI=1S/C15H22N2OS/c1-9(2)6-7-12-16-13(18)10-8-11(15(3,4)5)19-14(10)17-12/h8-9H,6-7H2,1-5H3,(H,16,17,18). The van der Waals surface area contributed by atoms with Gasteiger partial charge >= 0.3 is 0 Å². The smallest absolute Gasteiger partial charge is 0.259 e. The number of nitrogens with one attached hydrogen (secondary N) is 1. The SMILES string of the molecule is CC(C)CCc1nc2sc(C(C)(C)C)cc2c(=O)[nH]1. The van der Waals surface area contributed by atoms with Crippen LogP contribution < -0.4 is 5.56 Å². The first-order chi connectivity index (χ1) is 8.77. The number of hydrogen-bond acceptors (Lipinski definition) is 3. The van der Waals surface area contributed by atoms with E-state index in [-0.39, 0.29) is 11.0 Å². The second-order valence-electron chi connectivity index (χ2n) is 6.52. The number of aryl methyl sites for hydroxylation is 1. The molecule has 19 heavy (non-hydrogen) atoms. The number of aromatic amines is 1. The van der Waals surface area contributed by atoms with E-state index in [4.69, 9.17) is 0 Å². The molecule has 0 atom stereocenters. The molecule has 1 N–H and O–H groups in total. The van der Waals surface area contributed by atoms with E-state index in [0.29, 0.717) is 5.92 Å². The zero-order chi connectivity index (χ0) is 14.2. The fourth-order valence-electron chi connectivity index (χ4n) is 1.89. The number of hydrogen-bond donors (Lipinski definition) is 1. The van der Waals surface area contributed by atoms with Crippen molar-refractivity contribution in [2.24, 2.45) is 5.92 Å². The van der Waals surface area contributed by atoms with E-state index >= 15 is 0 Å². The van der Waals surface area contributed by atoms with Gasteiger partial charge in [-0.2, -0.15) is 0 Å². The zero-order valence-electron chi connectivity index (χ0n) is 12.3. The first-order valence-electron chi connectivity index (χ1n) is 6.80. The molecule has 2 aromatic heterocycles. The molecule has 0 radical (unpaired) electrons. The van der Waals surface area contributed by atoms with E-state index in [1.165, 1.54) is 4.88 Å². The van der Waals surface area contributed by atoms with Crippen molar-refractivity contribution in [3.8, 4) is 0 Å². The zero-order valence-corrected chi connectivity index (χ0v) is 13.1. The Balaban J connectivity index is 2.42. The molecule has 0 saturated carbocycles. The predicted molar refractivity (Wildman–Crippen MR) is 82.1 cm³/mol. The maximum absolute atomic E-state index is 12.1. The summed E-state index contributed by atoms with van der Waals surface area (Å²) in [6.45, 7) is 10.8. The third-order valence-corrected chi connectivity index (χ3v) is 4.60. The normalized spacial score (nSPS) is 12.5. The van der Waals surface area contributed by atoms with Gasteiger partial charge in [-0.3, -0.25) is 4.79 Å². The monoisotopic (exact) mass is 278 g/mol. The van der Waals surface area contributed by atoms with Gasteiger partial charge in [0, 0.05) is 11.3 Å². The van der Waals surface area contributed by atoms with Crippen molar-refractivity contribution >= 4 is 21.6 Å². The second-order valence-corrected chi connectivity index (χ2v) is 7.56. The third kappa shape index (κ3) is 3.24. The summed E-state index contributed by atoms with van der Waals surface area (Å²) in [6.07, 6.45) is 1.89. The summed E-state index contributed by atoms with van der Waals surface area (Å²) >= 11 is 1.64. The Bertz CT molecular complexity index is 632. The third-order valence-electron chi connectivity index (χ3n) is 3.15. The first-order valence-corrected chi connectivity index (χ1v) is 7.62. The molecule has 2 aromatic rings. The van der Waals surface area contributed by atoms with Gasteiger partial charge in [-0.25, -0.2) is 4.98 Å². The number of nitrogens with zero attached hydrogens (tertiary/aromatic N) is 1. The minimum atomic E-state index is -0.00416. The lowest BCUT2D eigenvalue weighted by Crippen LogP contribution is -2.11. The Morgan fingerprint density at radius 2 is 2.05 bits per heavy atom. The van der Waals surface area contributed by atoms with Crippen LogP contribution in [0.25, 0.3) is 10.2 Å². The molecule has 0 unspecified atom stereocenters. The molecule has 0 aliphatic carbocycles. The van der Waals surface area contributed by atoms with Crippen LogP contribution in [0.3, 0.4) is 0 Å². The number of H-pyrrole nitrogens is 1. The summed E-state index contributed by atoms with van der Waals surface area (Å²) in [5.41, 5.74) is 0.0612. The maximum atomic E-state index is 12.1. The fraction of sp³-hybridized carbons (Fsp3) is 0.600. The van der Waals surface area contributed by atoms with E-state index in [0.717, 1.165) is 28.9 Å². The minimum Gasteiger partial charge on any atom is -0.310 e. The van der Waals surface area contributed by atoms with Crippen molar-refractivity contribution in [3.63, 3.8) is 0 Å². The summed E-state index contributed by atoms with van der Waals surface area (Å²) in [7, 11) is 0. The van der Waals surface area contributed by atoms with Crippen molar-refractivity contribution in [2.45, 2.75) is 52.9 Å². The van der Waals surface area contributed by atoms with Gasteiger partial charge in [0.05, 0.1) is 5.39 Å². The lowest BCUT2D eigenvalue weighted by Gasteiger charge is -2.14. The van der Waals surface area contributed by atoms with Crippen LogP contribution in [0, 0.1) is 5.92 Å². The van der Waals surface area contributed by atoms with Crippen LogP contribution in [0.15, 0.2) is 10.9 Å². The van der Waals surface area contributed by atoms with E-state index in [1.807, 2.05) is 6.07 Å². The van der Waals surface area contributed by atoms with Crippen LogP contribution in [0.1, 0.15) is 51.7 Å². The second kappa shape index (κ2) is 5.08. The van der Waals surface area contributed by atoms with Crippen molar-refractivity contribution < 1.29 is 0 Å². The highest BCUT2D eigenvalue weighted by atomic mass is 32.1. The Hall–Kier alpha value is -1.16. The molecule has 0 spiro atoms. The molecule has 4 heteroatoms. The highest BCUT2D eigenvalue weighted by molar-refractivity contribution is 7.18. The lowest BCUT2D eigenvalue weighted by atomic mass is 9.94. The van der Waals surface area contributed by atoms with Gasteiger partial charge in [-0.1, -0.05) is 34.6 Å². The number of fused-ring (bicyclic) bond motifs is 1. The molecule has 0 aliphatic rings. The Labute approximate surface area is 118 Å². The summed E-state index contributed by atoms with van der Waals surface area (Å²) < 4.78 is 0. The molecule has 0 amide bonds. The van der Waals surface area contributed by atoms with Crippen LogP contribution >= 0.6 is 11.3 Å². The van der Waals surface area contributed by atoms with E-state index in [2.05, 4.69) is 44.6 Å². The molecule has 3 nitrogen and oxygen atoms in total. The van der Waals surface area contributed by atoms with Crippen molar-refractivity contribution in [1.29, 1.82) is 0 Å². The van der Waals surface area contributed by atoms with Crippen molar-refractivity contribution in [2.75, 3.05) is 0 Å². The maximum Gasteiger partial charge on any atom is 0.259 e. The Kier molecular flexibility index (Phi) is 3.81. The summed E-state index contributed by atoms with van der Waals surface area (Å²) in [5, 5.41) is 0.725. The van der Waals surface area contributed by atoms with Gasteiger partial charge in [-0.05, 0) is 23.8 Å². The topological polar surface area (TPSA) is 45.8 Å². The fourth-order valence-corrected chi connectivity index (χ4v) is 3.00. The highest BCUT2D eigenvalue weighted by Crippen LogP contribution is 2.31. The Morgan fingerprint density at radius 1 is 1.37 bits per heavy atom. The predicted octanol–water partition coefficient (Wildman–Crippen LogP) is 3.87. The van der Waals surface area contributed by atoms with Gasteiger partial charge in [-0.15, -0.1) is 11.3 Å². The van der Waals surface area contributed by atoms with Crippen LogP contribution in [0.2, 0.25) is 0 Å². The molecule has 0 aliphatic heterocycles. The average molecular weight is 278 g/mol. The molecule has 0 aromatic carbocycles. The largest absolute Gasteiger partial charge is 0.310 e. The molecule has 0 bridgehead atoms. The lowest BCUT2D eigenvalue weighted by molar-refractivity contribution is 0.575. The summed E-state index contributed by atoms with van der Waals surface area (Å²) in [5.74, 6) is 1.43. The molecular formula is C15H22N2OS. The van der Waals surface area contributed by atoms with Crippen molar-refractivity contribution in [3.05, 3.63) is 27.1 Å². The van der Waals surface area contributed by atoms with Gasteiger partial charge in [0.1, 0.15) is 10.7 Å². The van der Waals surface area contributed by atoms with Crippen LogP contribution in [0.5, 0.6) is 0 Å². The van der Waals surface area contributed by atoms with E-state index < -0.39 is 0 Å². The van der Waals surface area contributed by atoms with E-state index in [1.54, 1.807) is 11.3 Å². The first kappa shape index (κ1) is 14.3. The molecular weight excluding hydrogens is 256 g/mol. The molecule has 0 fully saturated rings. The van der Waals surface area contributed by atoms with E-state index in [9.17, 15) is 4.79 Å². The van der Waals surface area contributed by atoms with Gasteiger partial charge in [0.25, 0.3) is 5.56 Å². The number of rotatable bonds is 3. The average Bonchev–Trinajstić information content (AvgIpc) is 2.70. The summed E-state index contributed by atoms with van der Waals surface area (Å²) in [6, 6.07) is 1.98. The van der Waals surface area contributed by atoms with Crippen LogP contribution in [0.4, 0.5) is 0 Å². The molecule has 104 valence electrons. The van der Waals surface area contributed by atoms with Crippen molar-refractivity contribution in [1.82, 2.24) is 9.97 Å².